The van der Waals surface area contributed by atoms with Gasteiger partial charge in [-0.2, -0.15) is 0 Å². The van der Waals surface area contributed by atoms with Gasteiger partial charge in [-0.3, -0.25) is 0 Å². The van der Waals surface area contributed by atoms with E-state index in [2.05, 4.69) is 39.1 Å². The van der Waals surface area contributed by atoms with E-state index in [1.807, 2.05) is 30.7 Å². The summed E-state index contributed by atoms with van der Waals surface area (Å²) in [4.78, 5) is 14.6. The lowest BCUT2D eigenvalue weighted by Crippen LogP contribution is -2.38. The second-order valence-corrected chi connectivity index (χ2v) is 6.43. The predicted molar refractivity (Wildman–Crippen MR) is 98.2 cm³/mol. The van der Waals surface area contributed by atoms with Crippen molar-refractivity contribution in [3.8, 4) is 11.3 Å². The second kappa shape index (κ2) is 6.09. The normalized spacial score (nSPS) is 15.4. The third-order valence-corrected chi connectivity index (χ3v) is 5.03. The SMILES string of the molecule is NC(=O)Nc1ccccc1.c1ccc2c(c1)-c1cncn1C21CCC1. The topological polar surface area (TPSA) is 72.9 Å². The number of aromatic nitrogens is 2. The maximum Gasteiger partial charge on any atom is 0.316 e. The molecule has 126 valence electrons. The summed E-state index contributed by atoms with van der Waals surface area (Å²) in [5.41, 5.74) is 10.0. The Morgan fingerprint density at radius 2 is 1.80 bits per heavy atom. The number of para-hydroxylation sites is 1. The highest BCUT2D eigenvalue weighted by atomic mass is 16.2. The van der Waals surface area contributed by atoms with Gasteiger partial charge in [-0.1, -0.05) is 42.5 Å². The first-order valence-electron chi connectivity index (χ1n) is 8.45. The molecule has 0 atom stereocenters. The molecule has 0 bridgehead atoms. The number of nitrogens with one attached hydrogen (secondary N) is 1. The van der Waals surface area contributed by atoms with Crippen LogP contribution in [0.5, 0.6) is 0 Å². The number of imidazole rings is 1. The molecule has 5 nitrogen and oxygen atoms in total. The molecule has 1 aliphatic carbocycles. The van der Waals surface area contributed by atoms with Gasteiger partial charge in [-0.15, -0.1) is 0 Å². The van der Waals surface area contributed by atoms with E-state index < -0.39 is 6.03 Å². The lowest BCUT2D eigenvalue weighted by molar-refractivity contribution is 0.208. The van der Waals surface area contributed by atoms with Crippen molar-refractivity contribution in [2.75, 3.05) is 5.32 Å². The van der Waals surface area contributed by atoms with Crippen LogP contribution in [0.4, 0.5) is 10.5 Å². The van der Waals surface area contributed by atoms with Gasteiger partial charge in [-0.25, -0.2) is 9.78 Å². The Kier molecular flexibility index (Phi) is 3.76. The van der Waals surface area contributed by atoms with E-state index in [9.17, 15) is 4.79 Å². The molecule has 1 aliphatic heterocycles. The largest absolute Gasteiger partial charge is 0.351 e. The minimum Gasteiger partial charge on any atom is -0.351 e. The van der Waals surface area contributed by atoms with Crippen molar-refractivity contribution in [1.82, 2.24) is 9.55 Å². The van der Waals surface area contributed by atoms with Gasteiger partial charge in [0.25, 0.3) is 0 Å². The molecule has 1 spiro atoms. The quantitative estimate of drug-likeness (QED) is 0.708. The number of anilines is 1. The number of primary amides is 1. The first-order chi connectivity index (χ1) is 12.2. The highest BCUT2D eigenvalue weighted by molar-refractivity contribution is 5.87. The molecule has 5 heteroatoms. The molecule has 2 aromatic carbocycles. The molecule has 0 unspecified atom stereocenters. The summed E-state index contributed by atoms with van der Waals surface area (Å²) >= 11 is 0. The minimum atomic E-state index is -0.536. The maximum absolute atomic E-state index is 10.3. The molecule has 3 aromatic rings. The highest BCUT2D eigenvalue weighted by Gasteiger charge is 2.46. The fourth-order valence-corrected chi connectivity index (χ4v) is 3.76. The first kappa shape index (κ1) is 15.4. The Morgan fingerprint density at radius 1 is 1.08 bits per heavy atom. The molecule has 2 amide bonds. The Labute approximate surface area is 146 Å². The molecule has 1 fully saturated rings. The second-order valence-electron chi connectivity index (χ2n) is 6.43. The van der Waals surface area contributed by atoms with Crippen LogP contribution in [0, 0.1) is 0 Å². The fraction of sp³-hybridized carbons (Fsp3) is 0.200. The number of fused-ring (bicyclic) bond motifs is 5. The van der Waals surface area contributed by atoms with Crippen LogP contribution < -0.4 is 11.1 Å². The average molecular weight is 332 g/mol. The van der Waals surface area contributed by atoms with E-state index in [4.69, 9.17) is 5.73 Å². The zero-order valence-corrected chi connectivity index (χ0v) is 13.9. The Hall–Kier alpha value is -3.08. The van der Waals surface area contributed by atoms with Gasteiger partial charge in [0, 0.05) is 11.3 Å². The molecule has 3 N–H and O–H groups in total. The third kappa shape index (κ3) is 2.58. The molecular weight excluding hydrogens is 312 g/mol. The van der Waals surface area contributed by atoms with Crippen LogP contribution in [0.15, 0.2) is 67.1 Å². The van der Waals surface area contributed by atoms with Crippen molar-refractivity contribution in [1.29, 1.82) is 0 Å². The van der Waals surface area contributed by atoms with Gasteiger partial charge < -0.3 is 15.6 Å². The zero-order chi connectivity index (χ0) is 17.3. The van der Waals surface area contributed by atoms with Gasteiger partial charge in [0.1, 0.15) is 0 Å². The zero-order valence-electron chi connectivity index (χ0n) is 13.9. The number of carbonyl (C=O) groups is 1. The van der Waals surface area contributed by atoms with Crippen molar-refractivity contribution in [3.63, 3.8) is 0 Å². The van der Waals surface area contributed by atoms with Crippen LogP contribution >= 0.6 is 0 Å². The van der Waals surface area contributed by atoms with Gasteiger partial charge in [0.2, 0.25) is 0 Å². The van der Waals surface area contributed by atoms with Crippen LogP contribution in [0.25, 0.3) is 11.3 Å². The summed E-state index contributed by atoms with van der Waals surface area (Å²) in [6, 6.07) is 17.3. The number of hydrogen-bond acceptors (Lipinski definition) is 2. The monoisotopic (exact) mass is 332 g/mol. The standard InChI is InChI=1S/C13H12N2.C7H8N2O/c1-2-5-11-10(4-1)12-8-14-9-15(12)13(11)6-3-7-13;8-7(10)9-6-4-2-1-3-5-6/h1-2,4-5,8-9H,3,6-7H2;1-5H,(H3,8,9,10). The van der Waals surface area contributed by atoms with Crippen LogP contribution in [0.1, 0.15) is 24.8 Å². The predicted octanol–water partition coefficient (Wildman–Crippen LogP) is 3.97. The van der Waals surface area contributed by atoms with Crippen molar-refractivity contribution < 1.29 is 4.79 Å². The summed E-state index contributed by atoms with van der Waals surface area (Å²) in [5, 5.41) is 2.44. The number of hydrogen-bond donors (Lipinski definition) is 2. The lowest BCUT2D eigenvalue weighted by atomic mass is 9.72. The summed E-state index contributed by atoms with van der Waals surface area (Å²) in [5.74, 6) is 0. The minimum absolute atomic E-state index is 0.266. The van der Waals surface area contributed by atoms with Gasteiger partial charge >= 0.3 is 6.03 Å². The van der Waals surface area contributed by atoms with Crippen molar-refractivity contribution >= 4 is 11.7 Å². The van der Waals surface area contributed by atoms with E-state index in [0.717, 1.165) is 5.69 Å². The number of carbonyl (C=O) groups excluding carboxylic acids is 1. The number of amides is 2. The van der Waals surface area contributed by atoms with Gasteiger partial charge in [0.15, 0.2) is 0 Å². The Bertz CT molecular complexity index is 897. The number of nitrogens with two attached hydrogens (primary N) is 1. The number of urea groups is 1. The molecule has 0 radical (unpaired) electrons. The van der Waals surface area contributed by atoms with Gasteiger partial charge in [0.05, 0.1) is 23.8 Å². The van der Waals surface area contributed by atoms with Crippen LogP contribution in [-0.4, -0.2) is 15.6 Å². The van der Waals surface area contributed by atoms with E-state index in [1.54, 1.807) is 12.1 Å². The van der Waals surface area contributed by atoms with E-state index in [1.165, 1.54) is 36.1 Å². The van der Waals surface area contributed by atoms with Crippen molar-refractivity contribution in [2.45, 2.75) is 24.8 Å². The van der Waals surface area contributed by atoms with E-state index in [0.29, 0.717) is 0 Å². The van der Waals surface area contributed by atoms with Crippen LogP contribution in [-0.2, 0) is 5.54 Å². The number of nitrogens with zero attached hydrogens (tertiary/aromatic N) is 2. The fourth-order valence-electron chi connectivity index (χ4n) is 3.76. The molecule has 1 saturated carbocycles. The number of rotatable bonds is 1. The van der Waals surface area contributed by atoms with E-state index in [-0.39, 0.29) is 5.54 Å². The van der Waals surface area contributed by atoms with Crippen LogP contribution in [0.3, 0.4) is 0 Å². The summed E-state index contributed by atoms with van der Waals surface area (Å²) < 4.78 is 2.38. The molecule has 25 heavy (non-hydrogen) atoms. The number of benzene rings is 2. The summed E-state index contributed by atoms with van der Waals surface area (Å²) in [6.07, 6.45) is 7.87. The molecular formula is C20H20N4O. The summed E-state index contributed by atoms with van der Waals surface area (Å²) in [6.45, 7) is 0. The van der Waals surface area contributed by atoms with Crippen molar-refractivity contribution in [3.05, 3.63) is 72.7 Å². The molecule has 2 aliphatic rings. The third-order valence-electron chi connectivity index (χ3n) is 5.03. The average Bonchev–Trinajstić information content (AvgIpc) is 3.14. The maximum atomic E-state index is 10.3. The van der Waals surface area contributed by atoms with Crippen molar-refractivity contribution in [2.24, 2.45) is 5.73 Å². The Balaban J connectivity index is 0.000000138. The summed E-state index contributed by atoms with van der Waals surface area (Å²) in [7, 11) is 0. The first-order valence-corrected chi connectivity index (χ1v) is 8.45. The highest BCUT2D eigenvalue weighted by Crippen LogP contribution is 2.53. The van der Waals surface area contributed by atoms with Crippen LogP contribution in [0.2, 0.25) is 0 Å². The molecule has 1 aromatic heterocycles. The smallest absolute Gasteiger partial charge is 0.316 e. The van der Waals surface area contributed by atoms with Gasteiger partial charge in [-0.05, 0) is 37.0 Å². The van der Waals surface area contributed by atoms with E-state index >= 15 is 0 Å². The molecule has 0 saturated heterocycles. The Morgan fingerprint density at radius 3 is 2.48 bits per heavy atom. The molecule has 5 rings (SSSR count). The molecule has 2 heterocycles. The lowest BCUT2D eigenvalue weighted by Gasteiger charge is -2.41.